The van der Waals surface area contributed by atoms with Gasteiger partial charge in [-0.25, -0.2) is 26.9 Å². The fraction of sp³-hybridized carbons (Fsp3) is 0.222. The molecule has 3 aromatic rings. The highest BCUT2D eigenvalue weighted by Gasteiger charge is 2.21. The molecule has 0 spiro atoms. The zero-order chi connectivity index (χ0) is 19.9. The zero-order valence-electron chi connectivity index (χ0n) is 14.0. The van der Waals surface area contributed by atoms with Crippen molar-refractivity contribution >= 4 is 10.9 Å². The summed E-state index contributed by atoms with van der Waals surface area (Å²) in [5, 5.41) is -0.386. The molecule has 0 saturated heterocycles. The Morgan fingerprint density at radius 1 is 1.04 bits per heavy atom. The maximum atomic E-state index is 14.2. The standard InChI is InChI=1S/C18H14F5N3O/c1-8(24)17-25-13-4-2-3-12(19)14(13)18(27)26(17)11-6-9(15(20)21)5-10(7-11)16(22)23/h2-8,15-16H,24H2,1H3/t8-/m0/s1. The van der Waals surface area contributed by atoms with E-state index in [2.05, 4.69) is 4.98 Å². The van der Waals surface area contributed by atoms with Crippen molar-refractivity contribution in [3.8, 4) is 5.69 Å². The van der Waals surface area contributed by atoms with Crippen molar-refractivity contribution in [3.63, 3.8) is 0 Å². The average Bonchev–Trinajstić information content (AvgIpc) is 2.60. The number of nitrogens with two attached hydrogens (primary N) is 1. The highest BCUT2D eigenvalue weighted by Crippen LogP contribution is 2.29. The lowest BCUT2D eigenvalue weighted by Gasteiger charge is -2.18. The van der Waals surface area contributed by atoms with Gasteiger partial charge in [0.05, 0.1) is 17.2 Å². The Labute approximate surface area is 150 Å². The van der Waals surface area contributed by atoms with Crippen LogP contribution >= 0.6 is 0 Å². The fourth-order valence-corrected chi connectivity index (χ4v) is 2.80. The molecule has 4 nitrogen and oxygen atoms in total. The predicted octanol–water partition coefficient (Wildman–Crippen LogP) is 4.42. The molecule has 27 heavy (non-hydrogen) atoms. The summed E-state index contributed by atoms with van der Waals surface area (Å²) in [6.07, 6.45) is -6.08. The smallest absolute Gasteiger partial charge is 0.269 e. The highest BCUT2D eigenvalue weighted by atomic mass is 19.3. The zero-order valence-corrected chi connectivity index (χ0v) is 14.0. The maximum absolute atomic E-state index is 14.2. The van der Waals surface area contributed by atoms with E-state index in [-0.39, 0.29) is 22.4 Å². The molecule has 0 aliphatic carbocycles. The van der Waals surface area contributed by atoms with E-state index in [0.29, 0.717) is 6.07 Å². The number of nitrogens with zero attached hydrogens (tertiary/aromatic N) is 2. The molecule has 2 aromatic carbocycles. The summed E-state index contributed by atoms with van der Waals surface area (Å²) in [5.41, 5.74) is 3.27. The molecule has 0 saturated carbocycles. The van der Waals surface area contributed by atoms with Gasteiger partial charge in [-0.1, -0.05) is 6.07 Å². The van der Waals surface area contributed by atoms with E-state index in [1.54, 1.807) is 0 Å². The molecule has 1 aromatic heterocycles. The van der Waals surface area contributed by atoms with Gasteiger partial charge in [-0.15, -0.1) is 0 Å². The number of aromatic nitrogens is 2. The molecule has 1 atom stereocenters. The van der Waals surface area contributed by atoms with E-state index in [1.165, 1.54) is 19.1 Å². The lowest BCUT2D eigenvalue weighted by molar-refractivity contribution is 0.144. The molecular formula is C18H14F5N3O. The second kappa shape index (κ2) is 7.07. The van der Waals surface area contributed by atoms with E-state index >= 15 is 0 Å². The summed E-state index contributed by atoms with van der Waals surface area (Å²) in [4.78, 5) is 17.0. The molecule has 0 bridgehead atoms. The molecule has 9 heteroatoms. The first-order chi connectivity index (χ1) is 12.7. The van der Waals surface area contributed by atoms with E-state index in [9.17, 15) is 26.7 Å². The van der Waals surface area contributed by atoms with Gasteiger partial charge in [-0.2, -0.15) is 0 Å². The summed E-state index contributed by atoms with van der Waals surface area (Å²) in [7, 11) is 0. The molecule has 3 rings (SSSR count). The summed E-state index contributed by atoms with van der Waals surface area (Å²) < 4.78 is 67.6. The van der Waals surface area contributed by atoms with Gasteiger partial charge in [0.15, 0.2) is 0 Å². The van der Waals surface area contributed by atoms with Crippen LogP contribution in [-0.2, 0) is 0 Å². The molecule has 2 N–H and O–H groups in total. The van der Waals surface area contributed by atoms with Gasteiger partial charge in [0.25, 0.3) is 18.4 Å². The third-order valence-corrected chi connectivity index (χ3v) is 4.00. The third-order valence-electron chi connectivity index (χ3n) is 4.00. The molecular weight excluding hydrogens is 369 g/mol. The van der Waals surface area contributed by atoms with Crippen LogP contribution in [0.3, 0.4) is 0 Å². The first kappa shape index (κ1) is 19.0. The normalized spacial score (nSPS) is 12.9. The summed E-state index contributed by atoms with van der Waals surface area (Å²) in [6.45, 7) is 1.48. The van der Waals surface area contributed by atoms with Gasteiger partial charge < -0.3 is 5.73 Å². The Kier molecular flexibility index (Phi) is 4.97. The second-order valence-electron chi connectivity index (χ2n) is 5.99. The Morgan fingerprint density at radius 3 is 2.15 bits per heavy atom. The molecule has 0 aliphatic rings. The first-order valence-electron chi connectivity index (χ1n) is 7.89. The van der Waals surface area contributed by atoms with Gasteiger partial charge in [-0.05, 0) is 37.3 Å². The minimum atomic E-state index is -3.04. The van der Waals surface area contributed by atoms with Crippen LogP contribution in [0, 0.1) is 5.82 Å². The number of benzene rings is 2. The van der Waals surface area contributed by atoms with Crippen molar-refractivity contribution in [1.82, 2.24) is 9.55 Å². The van der Waals surface area contributed by atoms with Crippen molar-refractivity contribution in [2.75, 3.05) is 0 Å². The van der Waals surface area contributed by atoms with E-state index in [1.807, 2.05) is 0 Å². The van der Waals surface area contributed by atoms with Crippen LogP contribution in [-0.4, -0.2) is 9.55 Å². The van der Waals surface area contributed by atoms with Crippen LogP contribution in [0.15, 0.2) is 41.2 Å². The summed E-state index contributed by atoms with van der Waals surface area (Å²) >= 11 is 0. The number of fused-ring (bicyclic) bond motifs is 1. The van der Waals surface area contributed by atoms with Crippen molar-refractivity contribution in [3.05, 3.63) is 69.5 Å². The van der Waals surface area contributed by atoms with Crippen LogP contribution in [0.25, 0.3) is 16.6 Å². The molecule has 0 radical (unpaired) electrons. The van der Waals surface area contributed by atoms with Gasteiger partial charge in [-0.3, -0.25) is 9.36 Å². The SMILES string of the molecule is C[C@H](N)c1nc2cccc(F)c2c(=O)n1-c1cc(C(F)F)cc(C(F)F)c1. The predicted molar refractivity (Wildman–Crippen MR) is 89.8 cm³/mol. The highest BCUT2D eigenvalue weighted by molar-refractivity contribution is 5.78. The topological polar surface area (TPSA) is 60.9 Å². The molecule has 0 aliphatic heterocycles. The average molecular weight is 383 g/mol. The monoisotopic (exact) mass is 383 g/mol. The summed E-state index contributed by atoms with van der Waals surface area (Å²) in [6, 6.07) is 5.38. The minimum Gasteiger partial charge on any atom is -0.322 e. The lowest BCUT2D eigenvalue weighted by atomic mass is 10.1. The van der Waals surface area contributed by atoms with Gasteiger partial charge in [0, 0.05) is 11.1 Å². The number of hydrogen-bond acceptors (Lipinski definition) is 3. The van der Waals surface area contributed by atoms with Crippen molar-refractivity contribution in [2.24, 2.45) is 5.73 Å². The molecule has 0 unspecified atom stereocenters. The van der Waals surface area contributed by atoms with Crippen LogP contribution < -0.4 is 11.3 Å². The Bertz CT molecular complexity index is 1040. The first-order valence-corrected chi connectivity index (χ1v) is 7.89. The van der Waals surface area contributed by atoms with Crippen molar-refractivity contribution in [2.45, 2.75) is 25.8 Å². The van der Waals surface area contributed by atoms with Gasteiger partial charge in [0.1, 0.15) is 17.0 Å². The maximum Gasteiger partial charge on any atom is 0.269 e. The quantitative estimate of drug-likeness (QED) is 0.679. The Hall–Kier alpha value is -2.81. The van der Waals surface area contributed by atoms with E-state index < -0.39 is 41.4 Å². The van der Waals surface area contributed by atoms with Crippen molar-refractivity contribution in [1.29, 1.82) is 0 Å². The van der Waals surface area contributed by atoms with E-state index in [4.69, 9.17) is 5.73 Å². The summed E-state index contributed by atoms with van der Waals surface area (Å²) in [5.74, 6) is -0.932. The van der Waals surface area contributed by atoms with Crippen LogP contribution in [0.5, 0.6) is 0 Å². The second-order valence-corrected chi connectivity index (χ2v) is 5.99. The fourth-order valence-electron chi connectivity index (χ4n) is 2.80. The lowest BCUT2D eigenvalue weighted by Crippen LogP contribution is -2.28. The van der Waals surface area contributed by atoms with Crippen molar-refractivity contribution < 1.29 is 22.0 Å². The molecule has 142 valence electrons. The van der Waals surface area contributed by atoms with E-state index in [0.717, 1.165) is 22.8 Å². The van der Waals surface area contributed by atoms with Crippen LogP contribution in [0.1, 0.15) is 42.8 Å². The minimum absolute atomic E-state index is 0.0302. The Morgan fingerprint density at radius 2 is 1.63 bits per heavy atom. The Balaban J connectivity index is 2.43. The largest absolute Gasteiger partial charge is 0.322 e. The van der Waals surface area contributed by atoms with Gasteiger partial charge >= 0.3 is 0 Å². The van der Waals surface area contributed by atoms with Crippen LogP contribution in [0.2, 0.25) is 0 Å². The van der Waals surface area contributed by atoms with Gasteiger partial charge in [0.2, 0.25) is 0 Å². The molecule has 0 fully saturated rings. The molecule has 0 amide bonds. The number of rotatable bonds is 4. The third kappa shape index (κ3) is 3.42. The number of hydrogen-bond donors (Lipinski definition) is 1. The molecule has 1 heterocycles. The number of alkyl halides is 4. The number of halogens is 5. The van der Waals surface area contributed by atoms with Crippen LogP contribution in [0.4, 0.5) is 22.0 Å².